The van der Waals surface area contributed by atoms with Gasteiger partial charge in [0.1, 0.15) is 5.69 Å². The van der Waals surface area contributed by atoms with Crippen LogP contribution in [0.1, 0.15) is 26.5 Å². The van der Waals surface area contributed by atoms with E-state index in [0.29, 0.717) is 22.6 Å². The number of amides is 2. The summed E-state index contributed by atoms with van der Waals surface area (Å²) in [5.74, 6) is -0.643. The molecule has 2 amide bonds. The van der Waals surface area contributed by atoms with Crippen molar-refractivity contribution in [2.24, 2.45) is 0 Å². The molecule has 1 heterocycles. The predicted octanol–water partition coefficient (Wildman–Crippen LogP) is 5.15. The van der Waals surface area contributed by atoms with Gasteiger partial charge in [0.05, 0.1) is 11.4 Å². The van der Waals surface area contributed by atoms with Crippen LogP contribution in [0.2, 0.25) is 0 Å². The van der Waals surface area contributed by atoms with Gasteiger partial charge in [-0.3, -0.25) is 9.59 Å². The van der Waals surface area contributed by atoms with Gasteiger partial charge in [-0.15, -0.1) is 0 Å². The third-order valence-electron chi connectivity index (χ3n) is 4.54. The number of nitrogens with one attached hydrogen (secondary N) is 2. The topological polar surface area (TPSA) is 84.2 Å². The van der Waals surface area contributed by atoms with Crippen molar-refractivity contribution in [1.29, 1.82) is 0 Å². The monoisotopic (exact) mass is 397 g/mol. The number of hydrogen-bond donors (Lipinski definition) is 2. The largest absolute Gasteiger partial charge is 0.350 e. The molecule has 0 unspecified atom stereocenters. The van der Waals surface area contributed by atoms with Crippen molar-refractivity contribution >= 4 is 23.2 Å². The van der Waals surface area contributed by atoms with Crippen LogP contribution >= 0.6 is 0 Å². The third kappa shape index (κ3) is 4.28. The van der Waals surface area contributed by atoms with Crippen molar-refractivity contribution in [3.05, 3.63) is 102 Å². The Labute approximate surface area is 173 Å². The third-order valence-corrected chi connectivity index (χ3v) is 4.54. The Balaban J connectivity index is 1.50. The van der Waals surface area contributed by atoms with Crippen molar-refractivity contribution in [2.45, 2.75) is 6.92 Å². The Bertz CT molecular complexity index is 1180. The maximum absolute atomic E-state index is 12.7. The highest BCUT2D eigenvalue weighted by atomic mass is 16.5. The molecule has 0 saturated carbocycles. The molecule has 0 radical (unpaired) electrons. The standard InChI is InChI=1S/C24H19N3O3/c1-16-11-13-17(14-12-16)21-15-22(30-27-21)24(29)26-20-10-6-5-9-19(20)25-23(28)18-7-3-2-4-8-18/h2-15H,1H3,(H,25,28)(H,26,29). The minimum absolute atomic E-state index is 0.0785. The number of rotatable bonds is 5. The van der Waals surface area contributed by atoms with Crippen LogP contribution in [0.3, 0.4) is 0 Å². The molecule has 148 valence electrons. The molecule has 4 aromatic rings. The summed E-state index contributed by atoms with van der Waals surface area (Å²) >= 11 is 0. The summed E-state index contributed by atoms with van der Waals surface area (Å²) in [5.41, 5.74) is 4.04. The molecular weight excluding hydrogens is 378 g/mol. The van der Waals surface area contributed by atoms with Gasteiger partial charge in [0.25, 0.3) is 11.8 Å². The van der Waals surface area contributed by atoms with Gasteiger partial charge in [0.15, 0.2) is 0 Å². The molecule has 0 aliphatic carbocycles. The maximum Gasteiger partial charge on any atom is 0.294 e. The lowest BCUT2D eigenvalue weighted by molar-refractivity contribution is 0.0985. The van der Waals surface area contributed by atoms with Gasteiger partial charge in [0, 0.05) is 17.2 Å². The van der Waals surface area contributed by atoms with E-state index >= 15 is 0 Å². The summed E-state index contributed by atoms with van der Waals surface area (Å²) in [6.07, 6.45) is 0. The van der Waals surface area contributed by atoms with E-state index in [9.17, 15) is 9.59 Å². The molecule has 6 nitrogen and oxygen atoms in total. The fraction of sp³-hybridized carbons (Fsp3) is 0.0417. The Morgan fingerprint density at radius 3 is 2.03 bits per heavy atom. The number of para-hydroxylation sites is 2. The van der Waals surface area contributed by atoms with E-state index in [-0.39, 0.29) is 11.7 Å². The Morgan fingerprint density at radius 1 is 0.767 bits per heavy atom. The molecule has 6 heteroatoms. The van der Waals surface area contributed by atoms with Crippen LogP contribution in [0.25, 0.3) is 11.3 Å². The number of benzene rings is 3. The van der Waals surface area contributed by atoms with E-state index in [1.807, 2.05) is 37.3 Å². The zero-order chi connectivity index (χ0) is 20.9. The van der Waals surface area contributed by atoms with E-state index in [1.54, 1.807) is 54.6 Å². The molecule has 4 rings (SSSR count). The summed E-state index contributed by atoms with van der Waals surface area (Å²) < 4.78 is 5.22. The van der Waals surface area contributed by atoms with Gasteiger partial charge in [-0.1, -0.05) is 65.3 Å². The number of carbonyl (C=O) groups excluding carboxylic acids is 2. The van der Waals surface area contributed by atoms with E-state index in [2.05, 4.69) is 15.8 Å². The van der Waals surface area contributed by atoms with Gasteiger partial charge in [-0.05, 0) is 31.2 Å². The molecule has 0 spiro atoms. The first kappa shape index (κ1) is 19.1. The Kier molecular flexibility index (Phi) is 5.39. The summed E-state index contributed by atoms with van der Waals surface area (Å²) in [5, 5.41) is 9.57. The number of nitrogens with zero attached hydrogens (tertiary/aromatic N) is 1. The second kappa shape index (κ2) is 8.45. The summed E-state index contributed by atoms with van der Waals surface area (Å²) in [6, 6.07) is 25.2. The summed E-state index contributed by atoms with van der Waals surface area (Å²) in [7, 11) is 0. The lowest BCUT2D eigenvalue weighted by Crippen LogP contribution is -2.16. The number of carbonyl (C=O) groups is 2. The highest BCUT2D eigenvalue weighted by molar-refractivity contribution is 6.09. The molecule has 1 aromatic heterocycles. The summed E-state index contributed by atoms with van der Waals surface area (Å²) in [4.78, 5) is 25.1. The fourth-order valence-electron chi connectivity index (χ4n) is 2.91. The van der Waals surface area contributed by atoms with Crippen LogP contribution in [0.5, 0.6) is 0 Å². The van der Waals surface area contributed by atoms with E-state index in [0.717, 1.165) is 11.1 Å². The molecule has 0 aliphatic heterocycles. The average molecular weight is 397 g/mol. The molecule has 0 bridgehead atoms. The predicted molar refractivity (Wildman–Crippen MR) is 115 cm³/mol. The number of aryl methyl sites for hydroxylation is 1. The number of aromatic nitrogens is 1. The van der Waals surface area contributed by atoms with Gasteiger partial charge in [-0.2, -0.15) is 0 Å². The van der Waals surface area contributed by atoms with Crippen LogP contribution in [-0.2, 0) is 0 Å². The highest BCUT2D eigenvalue weighted by Gasteiger charge is 2.16. The highest BCUT2D eigenvalue weighted by Crippen LogP contribution is 2.24. The zero-order valence-corrected chi connectivity index (χ0v) is 16.3. The molecule has 2 N–H and O–H groups in total. The minimum Gasteiger partial charge on any atom is -0.350 e. The van der Waals surface area contributed by atoms with Crippen LogP contribution in [-0.4, -0.2) is 17.0 Å². The van der Waals surface area contributed by atoms with Crippen LogP contribution in [0, 0.1) is 6.92 Å². The fourth-order valence-corrected chi connectivity index (χ4v) is 2.91. The summed E-state index contributed by atoms with van der Waals surface area (Å²) in [6.45, 7) is 2.00. The maximum atomic E-state index is 12.7. The lowest BCUT2D eigenvalue weighted by atomic mass is 10.1. The normalized spacial score (nSPS) is 10.4. The zero-order valence-electron chi connectivity index (χ0n) is 16.3. The average Bonchev–Trinajstić information content (AvgIpc) is 3.27. The Hall–Kier alpha value is -4.19. The molecule has 0 fully saturated rings. The number of hydrogen-bond acceptors (Lipinski definition) is 4. The molecule has 0 saturated heterocycles. The first-order valence-corrected chi connectivity index (χ1v) is 9.41. The smallest absolute Gasteiger partial charge is 0.294 e. The first-order chi connectivity index (χ1) is 14.6. The first-order valence-electron chi connectivity index (χ1n) is 9.41. The number of anilines is 2. The van der Waals surface area contributed by atoms with E-state index in [4.69, 9.17) is 4.52 Å². The van der Waals surface area contributed by atoms with Crippen LogP contribution in [0.15, 0.2) is 89.5 Å². The molecule has 30 heavy (non-hydrogen) atoms. The molecule has 0 atom stereocenters. The second-order valence-corrected chi connectivity index (χ2v) is 6.76. The molecule has 0 aliphatic rings. The minimum atomic E-state index is -0.456. The van der Waals surface area contributed by atoms with Gasteiger partial charge >= 0.3 is 0 Å². The van der Waals surface area contributed by atoms with Crippen molar-refractivity contribution in [3.63, 3.8) is 0 Å². The van der Waals surface area contributed by atoms with E-state index in [1.165, 1.54) is 0 Å². The van der Waals surface area contributed by atoms with Crippen LogP contribution < -0.4 is 10.6 Å². The van der Waals surface area contributed by atoms with Crippen molar-refractivity contribution in [1.82, 2.24) is 5.16 Å². The van der Waals surface area contributed by atoms with E-state index < -0.39 is 5.91 Å². The van der Waals surface area contributed by atoms with Crippen molar-refractivity contribution in [3.8, 4) is 11.3 Å². The van der Waals surface area contributed by atoms with Gasteiger partial charge in [0.2, 0.25) is 5.76 Å². The molecule has 3 aromatic carbocycles. The van der Waals surface area contributed by atoms with Crippen LogP contribution in [0.4, 0.5) is 11.4 Å². The van der Waals surface area contributed by atoms with Gasteiger partial charge in [-0.25, -0.2) is 0 Å². The lowest BCUT2D eigenvalue weighted by Gasteiger charge is -2.11. The molecular formula is C24H19N3O3. The van der Waals surface area contributed by atoms with Crippen molar-refractivity contribution in [2.75, 3.05) is 10.6 Å². The Morgan fingerprint density at radius 2 is 1.37 bits per heavy atom. The second-order valence-electron chi connectivity index (χ2n) is 6.76. The SMILES string of the molecule is Cc1ccc(-c2cc(C(=O)Nc3ccccc3NC(=O)c3ccccc3)on2)cc1. The van der Waals surface area contributed by atoms with Crippen molar-refractivity contribution < 1.29 is 14.1 Å². The quantitative estimate of drug-likeness (QED) is 0.487. The van der Waals surface area contributed by atoms with Gasteiger partial charge < -0.3 is 15.2 Å².